The first kappa shape index (κ1) is 16.3. The average Bonchev–Trinajstić information content (AvgIpc) is 2.96. The molecule has 1 aromatic heterocycles. The van der Waals surface area contributed by atoms with Gasteiger partial charge in [-0.05, 0) is 43.2 Å². The Morgan fingerprint density at radius 3 is 2.62 bits per heavy atom. The number of nitrogens with zero attached hydrogens (tertiary/aromatic N) is 1. The van der Waals surface area contributed by atoms with Crippen molar-refractivity contribution >= 4 is 32.6 Å². The Morgan fingerprint density at radius 2 is 1.92 bits per heavy atom. The third kappa shape index (κ3) is 3.05. The summed E-state index contributed by atoms with van der Waals surface area (Å²) in [5, 5.41) is 3.43. The molecule has 0 radical (unpaired) electrons. The Bertz CT molecular complexity index is 918. The number of aryl methyl sites for hydroxylation is 2. The van der Waals surface area contributed by atoms with Crippen LogP contribution in [0.3, 0.4) is 0 Å². The molecule has 0 spiro atoms. The van der Waals surface area contributed by atoms with Crippen LogP contribution in [0.4, 0.5) is 5.13 Å². The van der Waals surface area contributed by atoms with Gasteiger partial charge >= 0.3 is 0 Å². The molecule has 1 heterocycles. The molecule has 0 saturated heterocycles. The lowest BCUT2D eigenvalue weighted by atomic mass is 10.1. The Balaban J connectivity index is 1.91. The zero-order valence-corrected chi connectivity index (χ0v) is 14.8. The molecule has 0 aliphatic carbocycles. The number of carbonyl (C=O) groups is 1. The van der Waals surface area contributed by atoms with Crippen LogP contribution in [0, 0.1) is 13.8 Å². The number of carbonyl (C=O) groups excluding carboxylic acids is 1. The molecule has 0 bridgehead atoms. The number of ether oxygens (including phenoxy) is 2. The third-order valence-corrected chi connectivity index (χ3v) is 4.62. The summed E-state index contributed by atoms with van der Waals surface area (Å²) in [6.45, 7) is 4.07. The van der Waals surface area contributed by atoms with Gasteiger partial charge in [0.1, 0.15) is 11.5 Å². The molecule has 0 saturated carbocycles. The van der Waals surface area contributed by atoms with E-state index >= 15 is 0 Å². The fourth-order valence-corrected chi connectivity index (χ4v) is 3.61. The van der Waals surface area contributed by atoms with Gasteiger partial charge in [0.2, 0.25) is 0 Å². The van der Waals surface area contributed by atoms with Gasteiger partial charge in [0.05, 0.1) is 30.0 Å². The fourth-order valence-electron chi connectivity index (χ4n) is 2.57. The van der Waals surface area contributed by atoms with E-state index in [1.54, 1.807) is 25.3 Å². The molecule has 0 atom stereocenters. The summed E-state index contributed by atoms with van der Waals surface area (Å²) in [5.74, 6) is 0.831. The average molecular weight is 342 g/mol. The highest BCUT2D eigenvalue weighted by Crippen LogP contribution is 2.31. The molecule has 124 valence electrons. The van der Waals surface area contributed by atoms with E-state index < -0.39 is 0 Å². The number of methoxy groups -OCH3 is 2. The van der Waals surface area contributed by atoms with Gasteiger partial charge in [0.25, 0.3) is 5.91 Å². The molecule has 0 fully saturated rings. The lowest BCUT2D eigenvalue weighted by Crippen LogP contribution is -2.13. The summed E-state index contributed by atoms with van der Waals surface area (Å²) >= 11 is 1.46. The topological polar surface area (TPSA) is 60.5 Å². The lowest BCUT2D eigenvalue weighted by Gasteiger charge is -2.09. The van der Waals surface area contributed by atoms with Crippen molar-refractivity contribution in [3.8, 4) is 11.5 Å². The number of nitrogens with one attached hydrogen (secondary N) is 1. The highest BCUT2D eigenvalue weighted by Gasteiger charge is 2.16. The minimum atomic E-state index is -0.261. The van der Waals surface area contributed by atoms with E-state index in [-0.39, 0.29) is 5.91 Å². The molecule has 1 amide bonds. The standard InChI is InChI=1S/C18H18N2O3S/c1-10-7-11(2)16-15(8-10)24-18(19-16)20-17(21)13-6-5-12(22-3)9-14(13)23-4/h5-9H,1-4H3,(H,19,20,21). The molecule has 3 aromatic rings. The van der Waals surface area contributed by atoms with Crippen molar-refractivity contribution in [2.75, 3.05) is 19.5 Å². The van der Waals surface area contributed by atoms with Crippen molar-refractivity contribution in [1.82, 2.24) is 4.98 Å². The SMILES string of the molecule is COc1ccc(C(=O)Nc2nc3c(C)cc(C)cc3s2)c(OC)c1. The number of anilines is 1. The zero-order chi connectivity index (χ0) is 17.3. The first-order chi connectivity index (χ1) is 11.5. The molecule has 2 aromatic carbocycles. The van der Waals surface area contributed by atoms with Crippen LogP contribution >= 0.6 is 11.3 Å². The van der Waals surface area contributed by atoms with Crippen molar-refractivity contribution in [3.05, 3.63) is 47.0 Å². The summed E-state index contributed by atoms with van der Waals surface area (Å²) in [6, 6.07) is 9.24. The Hall–Kier alpha value is -2.60. The number of rotatable bonds is 4. The van der Waals surface area contributed by atoms with Crippen LogP contribution in [0.25, 0.3) is 10.2 Å². The first-order valence-electron chi connectivity index (χ1n) is 7.43. The maximum absolute atomic E-state index is 12.6. The van der Waals surface area contributed by atoms with Gasteiger partial charge in [0.15, 0.2) is 5.13 Å². The second-order valence-electron chi connectivity index (χ2n) is 5.47. The minimum absolute atomic E-state index is 0.261. The molecule has 1 N–H and O–H groups in total. The molecule has 24 heavy (non-hydrogen) atoms. The number of aromatic nitrogens is 1. The highest BCUT2D eigenvalue weighted by molar-refractivity contribution is 7.22. The quantitative estimate of drug-likeness (QED) is 0.772. The summed E-state index contributed by atoms with van der Waals surface area (Å²) in [4.78, 5) is 17.1. The summed E-state index contributed by atoms with van der Waals surface area (Å²) in [5.41, 5.74) is 3.63. The monoisotopic (exact) mass is 342 g/mol. The van der Waals surface area contributed by atoms with Crippen molar-refractivity contribution in [3.63, 3.8) is 0 Å². The number of thiazole rings is 1. The number of hydrogen-bond donors (Lipinski definition) is 1. The van der Waals surface area contributed by atoms with Crippen LogP contribution in [-0.4, -0.2) is 25.1 Å². The largest absolute Gasteiger partial charge is 0.497 e. The molecular formula is C18H18N2O3S. The van der Waals surface area contributed by atoms with Gasteiger partial charge in [-0.25, -0.2) is 4.98 Å². The van der Waals surface area contributed by atoms with E-state index in [1.165, 1.54) is 24.0 Å². The molecule has 0 unspecified atom stereocenters. The first-order valence-corrected chi connectivity index (χ1v) is 8.24. The van der Waals surface area contributed by atoms with Gasteiger partial charge in [-0.3, -0.25) is 10.1 Å². The second kappa shape index (κ2) is 6.49. The number of benzene rings is 2. The van der Waals surface area contributed by atoms with E-state index in [4.69, 9.17) is 9.47 Å². The van der Waals surface area contributed by atoms with Gasteiger partial charge in [0, 0.05) is 6.07 Å². The smallest absolute Gasteiger partial charge is 0.261 e. The van der Waals surface area contributed by atoms with Crippen LogP contribution in [0.2, 0.25) is 0 Å². The molecule has 0 aliphatic rings. The van der Waals surface area contributed by atoms with Crippen LogP contribution in [-0.2, 0) is 0 Å². The summed E-state index contributed by atoms with van der Waals surface area (Å²) in [6.07, 6.45) is 0. The van der Waals surface area contributed by atoms with Crippen LogP contribution in [0.5, 0.6) is 11.5 Å². The van der Waals surface area contributed by atoms with E-state index in [2.05, 4.69) is 22.4 Å². The predicted octanol–water partition coefficient (Wildman–Crippen LogP) is 4.18. The van der Waals surface area contributed by atoms with Gasteiger partial charge in [-0.2, -0.15) is 0 Å². The Labute approximate surface area is 144 Å². The van der Waals surface area contributed by atoms with E-state index in [1.807, 2.05) is 13.8 Å². The fraction of sp³-hybridized carbons (Fsp3) is 0.222. The number of hydrogen-bond acceptors (Lipinski definition) is 5. The number of amides is 1. The zero-order valence-electron chi connectivity index (χ0n) is 14.0. The van der Waals surface area contributed by atoms with E-state index in [9.17, 15) is 4.79 Å². The minimum Gasteiger partial charge on any atom is -0.497 e. The molecule has 6 heteroatoms. The maximum Gasteiger partial charge on any atom is 0.261 e. The molecule has 3 rings (SSSR count). The Kier molecular flexibility index (Phi) is 4.40. The van der Waals surface area contributed by atoms with Crippen molar-refractivity contribution in [2.24, 2.45) is 0 Å². The van der Waals surface area contributed by atoms with Gasteiger partial charge in [-0.15, -0.1) is 0 Å². The van der Waals surface area contributed by atoms with Crippen LogP contribution < -0.4 is 14.8 Å². The van der Waals surface area contributed by atoms with Gasteiger partial charge < -0.3 is 9.47 Å². The normalized spacial score (nSPS) is 10.7. The van der Waals surface area contributed by atoms with E-state index in [0.717, 1.165) is 15.8 Å². The maximum atomic E-state index is 12.6. The second-order valence-corrected chi connectivity index (χ2v) is 6.50. The highest BCUT2D eigenvalue weighted by atomic mass is 32.1. The molecule has 0 aliphatic heterocycles. The van der Waals surface area contributed by atoms with Crippen LogP contribution in [0.15, 0.2) is 30.3 Å². The molecular weight excluding hydrogens is 324 g/mol. The summed E-state index contributed by atoms with van der Waals surface area (Å²) < 4.78 is 11.5. The molecule has 5 nitrogen and oxygen atoms in total. The summed E-state index contributed by atoms with van der Waals surface area (Å²) in [7, 11) is 3.09. The lowest BCUT2D eigenvalue weighted by molar-refractivity contribution is 0.102. The van der Waals surface area contributed by atoms with Crippen molar-refractivity contribution in [2.45, 2.75) is 13.8 Å². The van der Waals surface area contributed by atoms with Gasteiger partial charge in [-0.1, -0.05) is 17.4 Å². The van der Waals surface area contributed by atoms with E-state index in [0.29, 0.717) is 22.2 Å². The third-order valence-electron chi connectivity index (χ3n) is 3.70. The Morgan fingerprint density at radius 1 is 1.12 bits per heavy atom. The number of fused-ring (bicyclic) bond motifs is 1. The van der Waals surface area contributed by atoms with Crippen molar-refractivity contribution < 1.29 is 14.3 Å². The predicted molar refractivity (Wildman–Crippen MR) is 96.6 cm³/mol. The van der Waals surface area contributed by atoms with Crippen LogP contribution in [0.1, 0.15) is 21.5 Å². The van der Waals surface area contributed by atoms with Crippen molar-refractivity contribution in [1.29, 1.82) is 0 Å².